The van der Waals surface area contributed by atoms with Crippen LogP contribution >= 0.6 is 0 Å². The first-order chi connectivity index (χ1) is 8.13. The SMILES string of the molecule is CCOC(=O)c1ccc2n1CCN(C(C)C)C2. The Balaban J connectivity index is 2.18. The standard InChI is InChI=1S/C13H20N2O2/c1-4-17-13(16)12-6-5-11-9-14(10(2)3)7-8-15(11)12/h5-6,10H,4,7-9H2,1-3H3. The van der Waals surface area contributed by atoms with Crippen molar-refractivity contribution in [1.29, 1.82) is 0 Å². The number of carbonyl (C=O) groups is 1. The molecule has 1 aliphatic heterocycles. The summed E-state index contributed by atoms with van der Waals surface area (Å²) in [6, 6.07) is 4.45. The Labute approximate surface area is 102 Å². The minimum atomic E-state index is -0.211. The van der Waals surface area contributed by atoms with Crippen LogP contribution in [0.2, 0.25) is 0 Å². The average Bonchev–Trinajstić information content (AvgIpc) is 2.71. The third-order valence-electron chi connectivity index (χ3n) is 3.26. The first kappa shape index (κ1) is 12.2. The predicted octanol–water partition coefficient (Wildman–Crippen LogP) is 1.89. The molecule has 0 spiro atoms. The predicted molar refractivity (Wildman–Crippen MR) is 65.9 cm³/mol. The van der Waals surface area contributed by atoms with Crippen LogP contribution in [0.25, 0.3) is 0 Å². The molecule has 4 nitrogen and oxygen atoms in total. The fourth-order valence-electron chi connectivity index (χ4n) is 2.25. The number of aromatic nitrogens is 1. The molecular formula is C13H20N2O2. The van der Waals surface area contributed by atoms with Gasteiger partial charge in [0, 0.05) is 31.4 Å². The largest absolute Gasteiger partial charge is 0.461 e. The number of fused-ring (bicyclic) bond motifs is 1. The summed E-state index contributed by atoms with van der Waals surface area (Å²) >= 11 is 0. The molecule has 94 valence electrons. The van der Waals surface area contributed by atoms with E-state index in [2.05, 4.69) is 23.3 Å². The molecule has 0 amide bonds. The Morgan fingerprint density at radius 2 is 2.18 bits per heavy atom. The third kappa shape index (κ3) is 2.36. The lowest BCUT2D eigenvalue weighted by atomic mass is 10.2. The summed E-state index contributed by atoms with van der Waals surface area (Å²) in [6.07, 6.45) is 0. The molecule has 0 fully saturated rings. The number of hydrogen-bond donors (Lipinski definition) is 0. The van der Waals surface area contributed by atoms with E-state index in [9.17, 15) is 4.79 Å². The van der Waals surface area contributed by atoms with Crippen LogP contribution < -0.4 is 0 Å². The molecule has 0 aliphatic carbocycles. The highest BCUT2D eigenvalue weighted by molar-refractivity contribution is 5.88. The smallest absolute Gasteiger partial charge is 0.354 e. The Hall–Kier alpha value is -1.29. The minimum Gasteiger partial charge on any atom is -0.461 e. The first-order valence-electron chi connectivity index (χ1n) is 6.23. The van der Waals surface area contributed by atoms with Gasteiger partial charge >= 0.3 is 5.97 Å². The van der Waals surface area contributed by atoms with Gasteiger partial charge in [-0.2, -0.15) is 0 Å². The van der Waals surface area contributed by atoms with Gasteiger partial charge in [0.2, 0.25) is 0 Å². The number of esters is 1. The van der Waals surface area contributed by atoms with E-state index in [1.807, 2.05) is 19.1 Å². The molecule has 0 saturated heterocycles. The number of nitrogens with zero attached hydrogens (tertiary/aromatic N) is 2. The molecule has 0 radical (unpaired) electrons. The van der Waals surface area contributed by atoms with Gasteiger partial charge in [-0.3, -0.25) is 4.90 Å². The van der Waals surface area contributed by atoms with E-state index in [1.165, 1.54) is 5.69 Å². The van der Waals surface area contributed by atoms with E-state index in [-0.39, 0.29) is 5.97 Å². The number of rotatable bonds is 3. The van der Waals surface area contributed by atoms with Gasteiger partial charge in [-0.1, -0.05) is 0 Å². The summed E-state index contributed by atoms with van der Waals surface area (Å²) in [6.45, 7) is 9.43. The highest BCUT2D eigenvalue weighted by Gasteiger charge is 2.22. The van der Waals surface area contributed by atoms with Crippen molar-refractivity contribution >= 4 is 5.97 Å². The second-order valence-electron chi connectivity index (χ2n) is 4.65. The van der Waals surface area contributed by atoms with Gasteiger partial charge in [-0.15, -0.1) is 0 Å². The lowest BCUT2D eigenvalue weighted by molar-refractivity contribution is 0.0508. The highest BCUT2D eigenvalue weighted by Crippen LogP contribution is 2.19. The van der Waals surface area contributed by atoms with E-state index in [0.717, 1.165) is 19.6 Å². The van der Waals surface area contributed by atoms with Crippen molar-refractivity contribution in [3.8, 4) is 0 Å². The van der Waals surface area contributed by atoms with Crippen LogP contribution in [0.3, 0.4) is 0 Å². The molecule has 2 rings (SSSR count). The molecular weight excluding hydrogens is 216 g/mol. The lowest BCUT2D eigenvalue weighted by Gasteiger charge is -2.32. The van der Waals surface area contributed by atoms with Crippen molar-refractivity contribution in [3.63, 3.8) is 0 Å². The fourth-order valence-corrected chi connectivity index (χ4v) is 2.25. The molecule has 17 heavy (non-hydrogen) atoms. The van der Waals surface area contributed by atoms with Crippen molar-refractivity contribution in [2.24, 2.45) is 0 Å². The van der Waals surface area contributed by atoms with Crippen LogP contribution in [0, 0.1) is 0 Å². The normalized spacial score (nSPS) is 16.0. The fraction of sp³-hybridized carbons (Fsp3) is 0.615. The maximum Gasteiger partial charge on any atom is 0.354 e. The molecule has 0 atom stereocenters. The lowest BCUT2D eigenvalue weighted by Crippen LogP contribution is -2.38. The summed E-state index contributed by atoms with van der Waals surface area (Å²) in [5, 5.41) is 0. The van der Waals surface area contributed by atoms with Crippen molar-refractivity contribution < 1.29 is 9.53 Å². The summed E-state index contributed by atoms with van der Waals surface area (Å²) in [4.78, 5) is 14.1. The van der Waals surface area contributed by atoms with E-state index in [1.54, 1.807) is 0 Å². The monoisotopic (exact) mass is 236 g/mol. The van der Waals surface area contributed by atoms with Crippen molar-refractivity contribution in [3.05, 3.63) is 23.5 Å². The van der Waals surface area contributed by atoms with E-state index in [0.29, 0.717) is 18.3 Å². The second kappa shape index (κ2) is 4.92. The third-order valence-corrected chi connectivity index (χ3v) is 3.26. The Morgan fingerprint density at radius 3 is 2.82 bits per heavy atom. The zero-order chi connectivity index (χ0) is 12.4. The van der Waals surface area contributed by atoms with E-state index in [4.69, 9.17) is 4.74 Å². The summed E-state index contributed by atoms with van der Waals surface area (Å²) < 4.78 is 7.13. The summed E-state index contributed by atoms with van der Waals surface area (Å²) in [5.74, 6) is -0.211. The Bertz CT molecular complexity index is 410. The van der Waals surface area contributed by atoms with Crippen LogP contribution in [-0.2, 0) is 17.8 Å². The second-order valence-corrected chi connectivity index (χ2v) is 4.65. The van der Waals surface area contributed by atoms with Crippen LogP contribution in [0.1, 0.15) is 37.0 Å². The molecule has 0 bridgehead atoms. The van der Waals surface area contributed by atoms with Gasteiger partial charge in [-0.25, -0.2) is 4.79 Å². The van der Waals surface area contributed by atoms with Gasteiger partial charge < -0.3 is 9.30 Å². The quantitative estimate of drug-likeness (QED) is 0.752. The molecule has 1 aromatic heterocycles. The molecule has 1 aromatic rings. The van der Waals surface area contributed by atoms with Crippen LogP contribution in [0.5, 0.6) is 0 Å². The van der Waals surface area contributed by atoms with Gasteiger partial charge in [0.1, 0.15) is 5.69 Å². The van der Waals surface area contributed by atoms with Gasteiger partial charge in [-0.05, 0) is 32.9 Å². The van der Waals surface area contributed by atoms with Gasteiger partial charge in [0.05, 0.1) is 6.61 Å². The number of ether oxygens (including phenoxy) is 1. The van der Waals surface area contributed by atoms with E-state index >= 15 is 0 Å². The number of carbonyl (C=O) groups excluding carboxylic acids is 1. The van der Waals surface area contributed by atoms with Crippen LogP contribution in [0.4, 0.5) is 0 Å². The molecule has 2 heterocycles. The van der Waals surface area contributed by atoms with Crippen molar-refractivity contribution in [2.75, 3.05) is 13.2 Å². The maximum atomic E-state index is 11.7. The first-order valence-corrected chi connectivity index (χ1v) is 6.23. The maximum absolute atomic E-state index is 11.7. The van der Waals surface area contributed by atoms with Crippen LogP contribution in [-0.4, -0.2) is 34.6 Å². The van der Waals surface area contributed by atoms with Crippen molar-refractivity contribution in [1.82, 2.24) is 9.47 Å². The van der Waals surface area contributed by atoms with Crippen LogP contribution in [0.15, 0.2) is 12.1 Å². The molecule has 0 aromatic carbocycles. The minimum absolute atomic E-state index is 0.211. The molecule has 1 aliphatic rings. The Kier molecular flexibility index (Phi) is 3.52. The van der Waals surface area contributed by atoms with Gasteiger partial charge in [0.15, 0.2) is 0 Å². The zero-order valence-corrected chi connectivity index (χ0v) is 10.8. The van der Waals surface area contributed by atoms with Crippen molar-refractivity contribution in [2.45, 2.75) is 39.9 Å². The molecule has 0 N–H and O–H groups in total. The summed E-state index contributed by atoms with van der Waals surface area (Å²) in [5.41, 5.74) is 1.89. The topological polar surface area (TPSA) is 34.5 Å². The Morgan fingerprint density at radius 1 is 1.41 bits per heavy atom. The van der Waals surface area contributed by atoms with Gasteiger partial charge in [0.25, 0.3) is 0 Å². The molecule has 0 saturated carbocycles. The molecule has 4 heteroatoms. The zero-order valence-electron chi connectivity index (χ0n) is 10.8. The highest BCUT2D eigenvalue weighted by atomic mass is 16.5. The number of hydrogen-bond acceptors (Lipinski definition) is 3. The molecule has 0 unspecified atom stereocenters. The summed E-state index contributed by atoms with van der Waals surface area (Å²) in [7, 11) is 0. The van der Waals surface area contributed by atoms with E-state index < -0.39 is 0 Å². The average molecular weight is 236 g/mol.